The van der Waals surface area contributed by atoms with E-state index < -0.39 is 0 Å². The number of hydrogen-bond acceptors (Lipinski definition) is 6. The smallest absolute Gasteiger partial charge is 0.247 e. The Morgan fingerprint density at radius 1 is 1.07 bits per heavy atom. The molecule has 1 unspecified atom stereocenters. The van der Waals surface area contributed by atoms with Crippen molar-refractivity contribution < 1.29 is 4.74 Å². The van der Waals surface area contributed by atoms with E-state index in [0.717, 1.165) is 35.4 Å². The molecule has 1 N–H and O–H groups in total. The van der Waals surface area contributed by atoms with E-state index in [1.54, 1.807) is 11.8 Å². The molecule has 0 saturated carbocycles. The second-order valence-corrected chi connectivity index (χ2v) is 8.52. The number of nitrogens with zero attached hydrogens (tertiary/aromatic N) is 3. The van der Waals surface area contributed by atoms with Gasteiger partial charge < -0.3 is 10.1 Å². The summed E-state index contributed by atoms with van der Waals surface area (Å²) in [7, 11) is 0. The van der Waals surface area contributed by atoms with Crippen LogP contribution in [-0.4, -0.2) is 20.9 Å². The minimum absolute atomic E-state index is 0.344. The molecule has 29 heavy (non-hydrogen) atoms. The Bertz CT molecular complexity index is 975. The summed E-state index contributed by atoms with van der Waals surface area (Å²) in [5.41, 5.74) is 4.95. The van der Waals surface area contributed by atoms with Crippen LogP contribution < -0.4 is 10.1 Å². The van der Waals surface area contributed by atoms with Crippen molar-refractivity contribution in [3.05, 3.63) is 59.7 Å². The van der Waals surface area contributed by atoms with Crippen molar-refractivity contribution in [2.75, 3.05) is 11.1 Å². The van der Waals surface area contributed by atoms with Crippen molar-refractivity contribution >= 4 is 17.4 Å². The SMILES string of the molecule is CCCCSc1nnc2c(n1)OC(c1ccc(C(C)C)cc1)Nc1ccccc1-2. The number of unbranched alkanes of at least 4 members (excludes halogenated alkanes) is 1. The van der Waals surface area contributed by atoms with Gasteiger partial charge in [-0.1, -0.05) is 81.4 Å². The molecule has 3 aromatic rings. The molecule has 0 bridgehead atoms. The van der Waals surface area contributed by atoms with Crippen LogP contribution in [0.2, 0.25) is 0 Å². The number of rotatable bonds is 6. The van der Waals surface area contributed by atoms with E-state index in [0.29, 0.717) is 22.6 Å². The number of fused-ring (bicyclic) bond motifs is 3. The molecule has 1 aromatic heterocycles. The Labute approximate surface area is 176 Å². The molecule has 0 spiro atoms. The fourth-order valence-electron chi connectivity index (χ4n) is 3.22. The van der Waals surface area contributed by atoms with Gasteiger partial charge in [0.2, 0.25) is 11.0 Å². The van der Waals surface area contributed by atoms with Gasteiger partial charge in [-0.2, -0.15) is 4.98 Å². The Kier molecular flexibility index (Phi) is 6.00. The molecule has 4 rings (SSSR count). The van der Waals surface area contributed by atoms with Gasteiger partial charge in [0.15, 0.2) is 11.9 Å². The van der Waals surface area contributed by atoms with Crippen LogP contribution in [0.3, 0.4) is 0 Å². The minimum Gasteiger partial charge on any atom is -0.448 e. The van der Waals surface area contributed by atoms with Crippen LogP contribution in [0, 0.1) is 0 Å². The molecule has 0 amide bonds. The lowest BCUT2D eigenvalue weighted by Gasteiger charge is -2.20. The second kappa shape index (κ2) is 8.82. The minimum atomic E-state index is -0.344. The number of thioether (sulfide) groups is 1. The fourth-order valence-corrected chi connectivity index (χ4v) is 4.08. The topological polar surface area (TPSA) is 59.9 Å². The quantitative estimate of drug-likeness (QED) is 0.397. The van der Waals surface area contributed by atoms with E-state index >= 15 is 0 Å². The van der Waals surface area contributed by atoms with Gasteiger partial charge in [-0.05, 0) is 24.0 Å². The van der Waals surface area contributed by atoms with Crippen LogP contribution >= 0.6 is 11.8 Å². The first-order valence-corrected chi connectivity index (χ1v) is 11.1. The molecule has 0 aliphatic carbocycles. The molecule has 2 heterocycles. The maximum Gasteiger partial charge on any atom is 0.247 e. The summed E-state index contributed by atoms with van der Waals surface area (Å²) < 4.78 is 6.33. The zero-order valence-corrected chi connectivity index (χ0v) is 17.9. The maximum atomic E-state index is 6.33. The molecule has 1 atom stereocenters. The molecule has 2 aromatic carbocycles. The summed E-state index contributed by atoms with van der Waals surface area (Å²) in [6.45, 7) is 6.57. The molecule has 6 heteroatoms. The highest BCUT2D eigenvalue weighted by Crippen LogP contribution is 2.39. The van der Waals surface area contributed by atoms with Crippen LogP contribution in [0.15, 0.2) is 53.7 Å². The first-order valence-electron chi connectivity index (χ1n) is 10.2. The van der Waals surface area contributed by atoms with Gasteiger partial charge in [-0.25, -0.2) is 0 Å². The summed E-state index contributed by atoms with van der Waals surface area (Å²) >= 11 is 1.62. The zero-order valence-electron chi connectivity index (χ0n) is 17.1. The number of para-hydroxylation sites is 1. The molecule has 150 valence electrons. The van der Waals surface area contributed by atoms with Gasteiger partial charge in [0.05, 0.1) is 0 Å². The largest absolute Gasteiger partial charge is 0.448 e. The lowest BCUT2D eigenvalue weighted by Crippen LogP contribution is -2.17. The highest BCUT2D eigenvalue weighted by Gasteiger charge is 2.26. The van der Waals surface area contributed by atoms with Crippen molar-refractivity contribution in [1.82, 2.24) is 15.2 Å². The summed E-state index contributed by atoms with van der Waals surface area (Å²) in [5, 5.41) is 13.0. The van der Waals surface area contributed by atoms with Crippen molar-refractivity contribution in [2.45, 2.75) is 50.9 Å². The molecule has 0 saturated heterocycles. The monoisotopic (exact) mass is 406 g/mol. The number of hydrogen-bond donors (Lipinski definition) is 1. The standard InChI is InChI=1S/C23H26N4OS/c1-4-5-14-29-23-25-22-20(26-27-23)18-8-6-7-9-19(18)24-21(28-22)17-12-10-16(11-13-17)15(2)3/h6-13,15,21,24H,4-5,14H2,1-3H3. The van der Waals surface area contributed by atoms with E-state index in [1.165, 1.54) is 5.56 Å². The summed E-state index contributed by atoms with van der Waals surface area (Å²) in [4.78, 5) is 4.69. The highest BCUT2D eigenvalue weighted by atomic mass is 32.2. The first-order chi connectivity index (χ1) is 14.2. The highest BCUT2D eigenvalue weighted by molar-refractivity contribution is 7.99. The van der Waals surface area contributed by atoms with Gasteiger partial charge in [-0.15, -0.1) is 10.2 Å². The lowest BCUT2D eigenvalue weighted by atomic mass is 10.0. The van der Waals surface area contributed by atoms with Gasteiger partial charge in [0.1, 0.15) is 0 Å². The molecular weight excluding hydrogens is 380 g/mol. The number of ether oxygens (including phenoxy) is 1. The molecule has 1 aliphatic rings. The predicted octanol–water partition coefficient (Wildman–Crippen LogP) is 6.06. The van der Waals surface area contributed by atoms with E-state index in [2.05, 4.69) is 60.6 Å². The Morgan fingerprint density at radius 3 is 2.62 bits per heavy atom. The Morgan fingerprint density at radius 2 is 1.86 bits per heavy atom. The van der Waals surface area contributed by atoms with Crippen molar-refractivity contribution in [3.63, 3.8) is 0 Å². The van der Waals surface area contributed by atoms with Gasteiger partial charge >= 0.3 is 0 Å². The van der Waals surface area contributed by atoms with Crippen molar-refractivity contribution in [2.24, 2.45) is 0 Å². The van der Waals surface area contributed by atoms with Gasteiger partial charge in [0, 0.05) is 22.6 Å². The molecule has 0 radical (unpaired) electrons. The van der Waals surface area contributed by atoms with Crippen LogP contribution in [0.4, 0.5) is 5.69 Å². The van der Waals surface area contributed by atoms with Crippen molar-refractivity contribution in [3.8, 4) is 17.1 Å². The predicted molar refractivity (Wildman–Crippen MR) is 118 cm³/mol. The third-order valence-electron chi connectivity index (χ3n) is 4.97. The Hall–Kier alpha value is -2.60. The number of nitrogens with one attached hydrogen (secondary N) is 1. The third-order valence-corrected chi connectivity index (χ3v) is 5.89. The lowest BCUT2D eigenvalue weighted by molar-refractivity contribution is 0.225. The zero-order chi connectivity index (χ0) is 20.2. The molecule has 5 nitrogen and oxygen atoms in total. The average Bonchev–Trinajstić information content (AvgIpc) is 2.90. The fraction of sp³-hybridized carbons (Fsp3) is 0.348. The van der Waals surface area contributed by atoms with Gasteiger partial charge in [-0.3, -0.25) is 0 Å². The number of benzene rings is 2. The van der Waals surface area contributed by atoms with Crippen LogP contribution in [0.5, 0.6) is 5.88 Å². The second-order valence-electron chi connectivity index (χ2n) is 7.46. The van der Waals surface area contributed by atoms with E-state index in [1.807, 2.05) is 24.3 Å². The van der Waals surface area contributed by atoms with Gasteiger partial charge in [0.25, 0.3) is 0 Å². The van der Waals surface area contributed by atoms with Crippen LogP contribution in [0.1, 0.15) is 56.9 Å². The first kappa shape index (κ1) is 19.7. The van der Waals surface area contributed by atoms with Crippen LogP contribution in [-0.2, 0) is 0 Å². The summed E-state index contributed by atoms with van der Waals surface area (Å²) in [6.07, 6.45) is 1.93. The number of aromatic nitrogens is 3. The summed E-state index contributed by atoms with van der Waals surface area (Å²) in [5.74, 6) is 1.99. The molecule has 0 fully saturated rings. The maximum absolute atomic E-state index is 6.33. The third kappa shape index (κ3) is 4.37. The van der Waals surface area contributed by atoms with E-state index in [9.17, 15) is 0 Å². The summed E-state index contributed by atoms with van der Waals surface area (Å²) in [6, 6.07) is 16.6. The van der Waals surface area contributed by atoms with E-state index in [4.69, 9.17) is 9.72 Å². The van der Waals surface area contributed by atoms with E-state index in [-0.39, 0.29) is 6.23 Å². The Balaban J connectivity index is 1.70. The number of anilines is 1. The van der Waals surface area contributed by atoms with Crippen LogP contribution in [0.25, 0.3) is 11.3 Å². The molecule has 1 aliphatic heterocycles. The normalized spacial score (nSPS) is 15.1. The molecular formula is C23H26N4OS. The van der Waals surface area contributed by atoms with Crippen molar-refractivity contribution in [1.29, 1.82) is 0 Å². The average molecular weight is 407 g/mol.